The van der Waals surface area contributed by atoms with Gasteiger partial charge in [-0.25, -0.2) is 14.6 Å². The molecule has 0 radical (unpaired) electrons. The Morgan fingerprint density at radius 1 is 1.17 bits per heavy atom. The van der Waals surface area contributed by atoms with Gasteiger partial charge in [0.15, 0.2) is 0 Å². The number of amides is 1. The van der Waals surface area contributed by atoms with Crippen molar-refractivity contribution in [3.63, 3.8) is 0 Å². The van der Waals surface area contributed by atoms with E-state index in [4.69, 9.17) is 9.84 Å². The van der Waals surface area contributed by atoms with Gasteiger partial charge in [-0.2, -0.15) is 0 Å². The molecule has 0 bridgehead atoms. The Hall–Kier alpha value is -3.33. The zero-order valence-corrected chi connectivity index (χ0v) is 12.2. The molecule has 1 amide bonds. The molecule has 1 aromatic heterocycles. The lowest BCUT2D eigenvalue weighted by Gasteiger charge is -2.04. The minimum Gasteiger partial charge on any atom is -0.477 e. The first-order valence-electron chi connectivity index (χ1n) is 6.78. The Bertz CT molecular complexity index is 731. The van der Waals surface area contributed by atoms with Gasteiger partial charge in [-0.1, -0.05) is 42.2 Å². The summed E-state index contributed by atoms with van der Waals surface area (Å²) in [4.78, 5) is 25.9. The van der Waals surface area contributed by atoms with E-state index in [-0.39, 0.29) is 18.8 Å². The highest BCUT2D eigenvalue weighted by atomic mass is 16.5. The minimum absolute atomic E-state index is 0.0434. The Labute approximate surface area is 133 Å². The Kier molecular flexibility index (Phi) is 5.72. The first kappa shape index (κ1) is 16.0. The van der Waals surface area contributed by atoms with Gasteiger partial charge in [-0.3, -0.25) is 0 Å². The largest absolute Gasteiger partial charge is 0.477 e. The topological polar surface area (TPSA) is 88.5 Å². The highest BCUT2D eigenvalue weighted by Crippen LogP contribution is 2.00. The van der Waals surface area contributed by atoms with Crippen molar-refractivity contribution < 1.29 is 19.4 Å². The highest BCUT2D eigenvalue weighted by Gasteiger charge is 2.02. The van der Waals surface area contributed by atoms with Crippen LogP contribution in [0, 0.1) is 11.8 Å². The van der Waals surface area contributed by atoms with E-state index >= 15 is 0 Å². The fourth-order valence-electron chi connectivity index (χ4n) is 1.63. The molecular formula is C17H14N2O4. The lowest BCUT2D eigenvalue weighted by molar-refractivity contribution is 0.0690. The fraction of sp³-hybridized carbons (Fsp3) is 0.118. The molecule has 6 heteroatoms. The van der Waals surface area contributed by atoms with Crippen molar-refractivity contribution >= 4 is 12.1 Å². The summed E-state index contributed by atoms with van der Waals surface area (Å²) >= 11 is 0. The molecule has 0 spiro atoms. The van der Waals surface area contributed by atoms with Crippen molar-refractivity contribution in [2.45, 2.75) is 6.61 Å². The molecule has 0 aliphatic heterocycles. The Morgan fingerprint density at radius 2 is 1.96 bits per heavy atom. The van der Waals surface area contributed by atoms with Crippen molar-refractivity contribution in [3.05, 3.63) is 65.5 Å². The molecular weight excluding hydrogens is 296 g/mol. The van der Waals surface area contributed by atoms with Crippen LogP contribution in [0.25, 0.3) is 0 Å². The molecule has 0 aliphatic rings. The van der Waals surface area contributed by atoms with Crippen molar-refractivity contribution in [2.24, 2.45) is 0 Å². The number of carbonyl (C=O) groups is 2. The number of nitrogens with one attached hydrogen (secondary N) is 1. The van der Waals surface area contributed by atoms with Gasteiger partial charge in [0.2, 0.25) is 0 Å². The van der Waals surface area contributed by atoms with Crippen molar-refractivity contribution in [2.75, 3.05) is 6.54 Å². The molecule has 1 heterocycles. The number of benzene rings is 1. The maximum absolute atomic E-state index is 11.5. The molecule has 0 atom stereocenters. The molecule has 2 rings (SSSR count). The van der Waals surface area contributed by atoms with Gasteiger partial charge in [0.25, 0.3) is 0 Å². The van der Waals surface area contributed by atoms with E-state index in [0.29, 0.717) is 5.56 Å². The predicted octanol–water partition coefficient (Wildman–Crippen LogP) is 2.06. The van der Waals surface area contributed by atoms with Crippen LogP contribution in [-0.2, 0) is 11.3 Å². The molecule has 0 fully saturated rings. The summed E-state index contributed by atoms with van der Waals surface area (Å²) in [5.41, 5.74) is 1.42. The summed E-state index contributed by atoms with van der Waals surface area (Å²) in [6.45, 7) is 0.314. The minimum atomic E-state index is -1.09. The van der Waals surface area contributed by atoms with Crippen LogP contribution in [0.2, 0.25) is 0 Å². The summed E-state index contributed by atoms with van der Waals surface area (Å²) in [5, 5.41) is 11.2. The number of carbonyl (C=O) groups excluding carboxylic acids is 1. The molecule has 6 nitrogen and oxygen atoms in total. The lowest BCUT2D eigenvalue weighted by Crippen LogP contribution is -2.24. The number of hydrogen-bond donors (Lipinski definition) is 2. The number of nitrogens with zero attached hydrogens (tertiary/aromatic N) is 1. The van der Waals surface area contributed by atoms with Gasteiger partial charge in [0.1, 0.15) is 12.3 Å². The zero-order valence-electron chi connectivity index (χ0n) is 12.2. The van der Waals surface area contributed by atoms with Gasteiger partial charge in [0.05, 0.1) is 6.54 Å². The Balaban J connectivity index is 1.74. The number of carboxylic acids is 1. The van der Waals surface area contributed by atoms with Gasteiger partial charge in [0, 0.05) is 11.8 Å². The van der Waals surface area contributed by atoms with Crippen LogP contribution in [0.5, 0.6) is 0 Å². The molecule has 2 N–H and O–H groups in total. The number of aromatic nitrogens is 1. The molecule has 23 heavy (non-hydrogen) atoms. The average molecular weight is 310 g/mol. The molecule has 0 aliphatic carbocycles. The van der Waals surface area contributed by atoms with E-state index in [1.807, 2.05) is 30.3 Å². The standard InChI is InChI=1S/C17H14N2O4/c20-16(21)15-9-8-13(11-19-15)7-4-10-18-17(22)23-12-14-5-2-1-3-6-14/h1-3,5-6,8-9,11H,10,12H2,(H,18,22)(H,20,21). The van der Waals surface area contributed by atoms with Gasteiger partial charge in [-0.05, 0) is 17.7 Å². The van der Waals surface area contributed by atoms with Crippen LogP contribution >= 0.6 is 0 Å². The van der Waals surface area contributed by atoms with Crippen molar-refractivity contribution in [3.8, 4) is 11.8 Å². The maximum atomic E-state index is 11.5. The summed E-state index contributed by atoms with van der Waals surface area (Å²) in [7, 11) is 0. The van der Waals surface area contributed by atoms with E-state index in [1.165, 1.54) is 12.3 Å². The second kappa shape index (κ2) is 8.20. The number of pyridine rings is 1. The van der Waals surface area contributed by atoms with E-state index in [0.717, 1.165) is 5.56 Å². The molecule has 0 unspecified atom stereocenters. The summed E-state index contributed by atoms with van der Waals surface area (Å²) in [6.07, 6.45) is 0.812. The first-order valence-corrected chi connectivity index (χ1v) is 6.78. The van der Waals surface area contributed by atoms with Crippen LogP contribution < -0.4 is 5.32 Å². The first-order chi connectivity index (χ1) is 11.1. The average Bonchev–Trinajstić information content (AvgIpc) is 2.58. The molecule has 0 saturated heterocycles. The number of hydrogen-bond acceptors (Lipinski definition) is 4. The van der Waals surface area contributed by atoms with Gasteiger partial charge in [-0.15, -0.1) is 0 Å². The number of ether oxygens (including phenoxy) is 1. The number of aromatic carboxylic acids is 1. The van der Waals surface area contributed by atoms with E-state index in [2.05, 4.69) is 22.1 Å². The third-order valence-electron chi connectivity index (χ3n) is 2.75. The van der Waals surface area contributed by atoms with Crippen LogP contribution in [0.3, 0.4) is 0 Å². The lowest BCUT2D eigenvalue weighted by atomic mass is 10.2. The second-order valence-electron chi connectivity index (χ2n) is 4.45. The van der Waals surface area contributed by atoms with Gasteiger partial charge >= 0.3 is 12.1 Å². The fourth-order valence-corrected chi connectivity index (χ4v) is 1.63. The highest BCUT2D eigenvalue weighted by molar-refractivity contribution is 5.85. The zero-order chi connectivity index (χ0) is 16.5. The van der Waals surface area contributed by atoms with E-state index in [9.17, 15) is 9.59 Å². The van der Waals surface area contributed by atoms with E-state index < -0.39 is 12.1 Å². The number of carboxylic acid groups (broad SMARTS) is 1. The van der Waals surface area contributed by atoms with Crippen molar-refractivity contribution in [1.29, 1.82) is 0 Å². The van der Waals surface area contributed by atoms with Crippen LogP contribution in [-0.4, -0.2) is 28.7 Å². The van der Waals surface area contributed by atoms with Crippen LogP contribution in [0.1, 0.15) is 21.6 Å². The molecule has 116 valence electrons. The molecule has 1 aromatic carbocycles. The molecule has 2 aromatic rings. The number of alkyl carbamates (subject to hydrolysis) is 1. The summed E-state index contributed by atoms with van der Waals surface area (Å²) in [5.74, 6) is 4.40. The Morgan fingerprint density at radius 3 is 2.61 bits per heavy atom. The van der Waals surface area contributed by atoms with Crippen LogP contribution in [0.4, 0.5) is 4.79 Å². The normalized spacial score (nSPS) is 9.39. The predicted molar refractivity (Wildman–Crippen MR) is 82.7 cm³/mol. The summed E-state index contributed by atoms with van der Waals surface area (Å²) in [6, 6.07) is 12.3. The maximum Gasteiger partial charge on any atom is 0.408 e. The molecule has 0 saturated carbocycles. The third kappa shape index (κ3) is 5.52. The van der Waals surface area contributed by atoms with Gasteiger partial charge < -0.3 is 15.2 Å². The van der Waals surface area contributed by atoms with Crippen molar-refractivity contribution in [1.82, 2.24) is 10.3 Å². The quantitative estimate of drug-likeness (QED) is 0.844. The number of rotatable bonds is 4. The van der Waals surface area contributed by atoms with Crippen LogP contribution in [0.15, 0.2) is 48.7 Å². The third-order valence-corrected chi connectivity index (χ3v) is 2.75. The smallest absolute Gasteiger partial charge is 0.408 e. The summed E-state index contributed by atoms with van der Waals surface area (Å²) < 4.78 is 5.03. The SMILES string of the molecule is O=C(NCC#Cc1ccc(C(=O)O)nc1)OCc1ccccc1. The monoisotopic (exact) mass is 310 g/mol. The second-order valence-corrected chi connectivity index (χ2v) is 4.45. The van der Waals surface area contributed by atoms with E-state index in [1.54, 1.807) is 6.07 Å².